The summed E-state index contributed by atoms with van der Waals surface area (Å²) in [6, 6.07) is 0.177. The van der Waals surface area contributed by atoms with Gasteiger partial charge in [0.15, 0.2) is 0 Å². The van der Waals surface area contributed by atoms with Crippen molar-refractivity contribution in [3.05, 3.63) is 0 Å². The highest BCUT2D eigenvalue weighted by Gasteiger charge is 2.44. The number of hydrogen-bond acceptors (Lipinski definition) is 3. The molecule has 2 unspecified atom stereocenters. The van der Waals surface area contributed by atoms with Crippen molar-refractivity contribution in [3.8, 4) is 0 Å². The van der Waals surface area contributed by atoms with Crippen LogP contribution in [-0.2, 0) is 9.59 Å². The maximum absolute atomic E-state index is 12.3. The summed E-state index contributed by atoms with van der Waals surface area (Å²) < 4.78 is 0. The molecule has 2 amide bonds. The van der Waals surface area contributed by atoms with Crippen LogP contribution in [0.1, 0.15) is 19.3 Å². The van der Waals surface area contributed by atoms with E-state index in [0.29, 0.717) is 12.6 Å². The molecule has 3 rings (SSSR count). The molecule has 3 fully saturated rings. The van der Waals surface area contributed by atoms with Crippen molar-refractivity contribution in [2.24, 2.45) is 0 Å². The van der Waals surface area contributed by atoms with Crippen molar-refractivity contribution < 1.29 is 9.59 Å². The summed E-state index contributed by atoms with van der Waals surface area (Å²) in [6.45, 7) is 1.10. The lowest BCUT2D eigenvalue weighted by atomic mass is 10.1. The van der Waals surface area contributed by atoms with Crippen molar-refractivity contribution in [1.29, 1.82) is 0 Å². The molecule has 0 spiro atoms. The van der Waals surface area contributed by atoms with Gasteiger partial charge >= 0.3 is 0 Å². The second-order valence-electron chi connectivity index (χ2n) is 4.73. The number of hydrogen-bond donors (Lipinski definition) is 0. The molecule has 88 valence electrons. The Morgan fingerprint density at radius 1 is 1.19 bits per heavy atom. The van der Waals surface area contributed by atoms with E-state index in [2.05, 4.69) is 0 Å². The fourth-order valence-corrected chi connectivity index (χ4v) is 4.13. The first-order valence-electron chi connectivity index (χ1n) is 5.95. The van der Waals surface area contributed by atoms with Gasteiger partial charge in [-0.2, -0.15) is 11.8 Å². The first-order chi connectivity index (χ1) is 7.77. The molecule has 0 aromatic carbocycles. The third-order valence-electron chi connectivity index (χ3n) is 3.79. The van der Waals surface area contributed by atoms with E-state index in [1.54, 1.807) is 4.90 Å². The van der Waals surface area contributed by atoms with Gasteiger partial charge in [-0.1, -0.05) is 0 Å². The summed E-state index contributed by atoms with van der Waals surface area (Å²) in [6.07, 6.45) is 2.90. The standard InChI is InChI=1S/C11H16N2O2S/c14-10-6-13(8-3-5-16-7-8)11(15)9-2-1-4-12(9)10/h8-9H,1-7H2. The van der Waals surface area contributed by atoms with Crippen LogP contribution in [0.2, 0.25) is 0 Å². The normalized spacial score (nSPS) is 34.8. The number of fused-ring (bicyclic) bond motifs is 1. The molecule has 0 aromatic rings. The second kappa shape index (κ2) is 3.95. The summed E-state index contributed by atoms with van der Waals surface area (Å²) in [5.74, 6) is 2.48. The highest BCUT2D eigenvalue weighted by Crippen LogP contribution is 2.29. The van der Waals surface area contributed by atoms with Gasteiger partial charge in [0, 0.05) is 18.3 Å². The fraction of sp³-hybridized carbons (Fsp3) is 0.818. The topological polar surface area (TPSA) is 40.6 Å². The van der Waals surface area contributed by atoms with Crippen LogP contribution in [0.4, 0.5) is 0 Å². The van der Waals surface area contributed by atoms with Gasteiger partial charge in [-0.3, -0.25) is 9.59 Å². The molecule has 16 heavy (non-hydrogen) atoms. The Hall–Kier alpha value is -0.710. The molecule has 3 heterocycles. The van der Waals surface area contributed by atoms with Crippen LogP contribution in [0.15, 0.2) is 0 Å². The monoisotopic (exact) mass is 240 g/mol. The Bertz CT molecular complexity index is 328. The summed E-state index contributed by atoms with van der Waals surface area (Å²) in [4.78, 5) is 27.8. The molecule has 0 aliphatic carbocycles. The molecule has 3 aliphatic rings. The number of piperazine rings is 1. The average Bonchev–Trinajstić information content (AvgIpc) is 2.92. The van der Waals surface area contributed by atoms with Gasteiger partial charge in [0.25, 0.3) is 0 Å². The molecule has 3 saturated heterocycles. The minimum absolute atomic E-state index is 0.133. The van der Waals surface area contributed by atoms with E-state index in [1.165, 1.54) is 0 Å². The molecule has 5 heteroatoms. The summed E-state index contributed by atoms with van der Waals surface area (Å²) in [5.41, 5.74) is 0. The van der Waals surface area contributed by atoms with Gasteiger partial charge in [0.2, 0.25) is 11.8 Å². The van der Waals surface area contributed by atoms with Crippen LogP contribution >= 0.6 is 11.8 Å². The van der Waals surface area contributed by atoms with Crippen molar-refractivity contribution in [2.45, 2.75) is 31.3 Å². The molecule has 0 bridgehead atoms. The minimum atomic E-state index is -0.133. The van der Waals surface area contributed by atoms with Gasteiger partial charge in [-0.25, -0.2) is 0 Å². The number of carbonyl (C=O) groups is 2. The van der Waals surface area contributed by atoms with Crippen molar-refractivity contribution >= 4 is 23.6 Å². The van der Waals surface area contributed by atoms with Crippen LogP contribution in [0.5, 0.6) is 0 Å². The first-order valence-corrected chi connectivity index (χ1v) is 7.10. The SMILES string of the molecule is O=C1C2CCCN2C(=O)CN1C1CCSC1. The van der Waals surface area contributed by atoms with Gasteiger partial charge < -0.3 is 9.80 Å². The maximum Gasteiger partial charge on any atom is 0.246 e. The predicted molar refractivity (Wildman–Crippen MR) is 62.2 cm³/mol. The molecular formula is C11H16N2O2S. The van der Waals surface area contributed by atoms with E-state index >= 15 is 0 Å². The van der Waals surface area contributed by atoms with E-state index in [-0.39, 0.29) is 17.9 Å². The zero-order valence-electron chi connectivity index (χ0n) is 9.22. The van der Waals surface area contributed by atoms with E-state index in [4.69, 9.17) is 0 Å². The molecule has 4 nitrogen and oxygen atoms in total. The Balaban J connectivity index is 1.80. The third-order valence-corrected chi connectivity index (χ3v) is 4.94. The molecule has 3 aliphatic heterocycles. The average molecular weight is 240 g/mol. The van der Waals surface area contributed by atoms with Crippen molar-refractivity contribution in [1.82, 2.24) is 9.80 Å². The quantitative estimate of drug-likeness (QED) is 0.663. The zero-order chi connectivity index (χ0) is 11.1. The van der Waals surface area contributed by atoms with E-state index in [1.807, 2.05) is 16.7 Å². The maximum atomic E-state index is 12.3. The second-order valence-corrected chi connectivity index (χ2v) is 5.88. The number of rotatable bonds is 1. The number of thioether (sulfide) groups is 1. The van der Waals surface area contributed by atoms with Crippen molar-refractivity contribution in [3.63, 3.8) is 0 Å². The molecule has 0 N–H and O–H groups in total. The number of carbonyl (C=O) groups excluding carboxylic acids is 2. The Morgan fingerprint density at radius 3 is 2.81 bits per heavy atom. The molecular weight excluding hydrogens is 224 g/mol. The van der Waals surface area contributed by atoms with Crippen molar-refractivity contribution in [2.75, 3.05) is 24.6 Å². The highest BCUT2D eigenvalue weighted by atomic mass is 32.2. The molecule has 0 radical (unpaired) electrons. The van der Waals surface area contributed by atoms with E-state index < -0.39 is 0 Å². The van der Waals surface area contributed by atoms with Gasteiger partial charge in [0.05, 0.1) is 0 Å². The van der Waals surface area contributed by atoms with E-state index in [0.717, 1.165) is 37.3 Å². The molecule has 2 atom stereocenters. The Morgan fingerprint density at radius 2 is 2.06 bits per heavy atom. The van der Waals surface area contributed by atoms with E-state index in [9.17, 15) is 9.59 Å². The van der Waals surface area contributed by atoms with Gasteiger partial charge in [-0.05, 0) is 25.0 Å². The van der Waals surface area contributed by atoms with Crippen LogP contribution < -0.4 is 0 Å². The largest absolute Gasteiger partial charge is 0.329 e. The smallest absolute Gasteiger partial charge is 0.246 e. The van der Waals surface area contributed by atoms with Gasteiger partial charge in [-0.15, -0.1) is 0 Å². The van der Waals surface area contributed by atoms with Gasteiger partial charge in [0.1, 0.15) is 12.6 Å². The minimum Gasteiger partial charge on any atom is -0.329 e. The van der Waals surface area contributed by atoms with Crippen LogP contribution in [0, 0.1) is 0 Å². The van der Waals surface area contributed by atoms with Crippen LogP contribution in [0.3, 0.4) is 0 Å². The fourth-order valence-electron chi connectivity index (χ4n) is 2.90. The molecule has 0 aromatic heterocycles. The highest BCUT2D eigenvalue weighted by molar-refractivity contribution is 7.99. The summed E-state index contributed by atoms with van der Waals surface area (Å²) >= 11 is 1.89. The molecule has 0 saturated carbocycles. The lowest BCUT2D eigenvalue weighted by molar-refractivity contribution is -0.155. The van der Waals surface area contributed by atoms with Crippen LogP contribution in [0.25, 0.3) is 0 Å². The zero-order valence-corrected chi connectivity index (χ0v) is 10.0. The number of nitrogens with zero attached hydrogens (tertiary/aromatic N) is 2. The summed E-state index contributed by atoms with van der Waals surface area (Å²) in [5, 5.41) is 0. The summed E-state index contributed by atoms with van der Waals surface area (Å²) in [7, 11) is 0. The first kappa shape index (κ1) is 10.4. The van der Waals surface area contributed by atoms with Crippen LogP contribution in [-0.4, -0.2) is 58.3 Å². The Labute approximate surface area is 99.3 Å². The lowest BCUT2D eigenvalue weighted by Crippen LogP contribution is -2.60. The number of amides is 2. The predicted octanol–water partition coefficient (Wildman–Crippen LogP) is 0.325. The third kappa shape index (κ3) is 1.52. The Kier molecular flexibility index (Phi) is 2.58. The lowest BCUT2D eigenvalue weighted by Gasteiger charge is -2.39.